The Morgan fingerprint density at radius 1 is 1.30 bits per heavy atom. The predicted molar refractivity (Wildman–Crippen MR) is 75.4 cm³/mol. The van der Waals surface area contributed by atoms with Crippen molar-refractivity contribution in [3.8, 4) is 0 Å². The molecule has 1 aliphatic rings. The summed E-state index contributed by atoms with van der Waals surface area (Å²) in [7, 11) is -6.84. The summed E-state index contributed by atoms with van der Waals surface area (Å²) in [5.74, 6) is 0.141. The summed E-state index contributed by atoms with van der Waals surface area (Å²) in [6.45, 7) is 3.74. The van der Waals surface area contributed by atoms with Crippen LogP contribution in [-0.2, 0) is 19.9 Å². The second-order valence-electron chi connectivity index (χ2n) is 5.36. The molecule has 0 atom stereocenters. The molecule has 8 heteroatoms. The van der Waals surface area contributed by atoms with Crippen LogP contribution >= 0.6 is 0 Å². The maximum atomic E-state index is 12.2. The second-order valence-corrected chi connectivity index (χ2v) is 9.62. The lowest BCUT2D eigenvalue weighted by atomic mass is 10.3. The van der Waals surface area contributed by atoms with Gasteiger partial charge >= 0.3 is 0 Å². The first-order valence-corrected chi connectivity index (χ1v) is 9.51. The molecule has 1 saturated heterocycles. The molecule has 1 aliphatic heterocycles. The van der Waals surface area contributed by atoms with E-state index in [1.165, 1.54) is 22.8 Å². The van der Waals surface area contributed by atoms with Gasteiger partial charge in [0.25, 0.3) is 0 Å². The Labute approximate surface area is 119 Å². The van der Waals surface area contributed by atoms with E-state index in [1.807, 2.05) is 13.8 Å². The molecule has 1 aromatic rings. The summed E-state index contributed by atoms with van der Waals surface area (Å²) in [6.07, 6.45) is 2.76. The fourth-order valence-corrected chi connectivity index (χ4v) is 5.77. The molecule has 2 heterocycles. The largest absolute Gasteiger partial charge is 0.263 e. The zero-order valence-electron chi connectivity index (χ0n) is 11.4. The first-order valence-electron chi connectivity index (χ1n) is 6.35. The molecular weight excluding hydrogens is 300 g/mol. The quantitative estimate of drug-likeness (QED) is 0.790. The maximum Gasteiger partial charge on any atom is 0.244 e. The molecule has 6 nitrogen and oxygen atoms in total. The SMILES string of the molecule is CC(C)CS(=O)(=O)C1CN(S(=O)(=O)c2cccnc2)C1. The minimum Gasteiger partial charge on any atom is -0.263 e. The van der Waals surface area contributed by atoms with Crippen molar-refractivity contribution in [3.05, 3.63) is 24.5 Å². The third kappa shape index (κ3) is 3.02. The molecular formula is C12H18N2O4S2. The van der Waals surface area contributed by atoms with Crippen LogP contribution < -0.4 is 0 Å². The first-order chi connectivity index (χ1) is 9.23. The van der Waals surface area contributed by atoms with Crippen LogP contribution in [0.4, 0.5) is 0 Å². The Morgan fingerprint density at radius 2 is 1.95 bits per heavy atom. The average Bonchev–Trinajstić information content (AvgIpc) is 2.25. The zero-order chi connectivity index (χ0) is 15.0. The first kappa shape index (κ1) is 15.4. The lowest BCUT2D eigenvalue weighted by Gasteiger charge is -2.37. The molecule has 0 bridgehead atoms. The average molecular weight is 318 g/mol. The van der Waals surface area contributed by atoms with Gasteiger partial charge in [0.05, 0.1) is 11.0 Å². The van der Waals surface area contributed by atoms with E-state index >= 15 is 0 Å². The van der Waals surface area contributed by atoms with Crippen molar-refractivity contribution in [2.45, 2.75) is 24.0 Å². The van der Waals surface area contributed by atoms with Gasteiger partial charge in [0, 0.05) is 25.5 Å². The number of sulfonamides is 1. The van der Waals surface area contributed by atoms with Gasteiger partial charge in [-0.2, -0.15) is 4.31 Å². The predicted octanol–water partition coefficient (Wildman–Crippen LogP) is 0.525. The van der Waals surface area contributed by atoms with Gasteiger partial charge in [0.1, 0.15) is 4.90 Å². The van der Waals surface area contributed by atoms with Crippen molar-refractivity contribution in [2.75, 3.05) is 18.8 Å². The molecule has 0 unspecified atom stereocenters. The molecule has 0 aromatic carbocycles. The van der Waals surface area contributed by atoms with Crippen LogP contribution in [0.5, 0.6) is 0 Å². The number of rotatable bonds is 5. The molecule has 0 N–H and O–H groups in total. The van der Waals surface area contributed by atoms with E-state index in [-0.39, 0.29) is 29.7 Å². The van der Waals surface area contributed by atoms with Crippen molar-refractivity contribution in [1.82, 2.24) is 9.29 Å². The van der Waals surface area contributed by atoms with Crippen LogP contribution in [0.25, 0.3) is 0 Å². The van der Waals surface area contributed by atoms with Gasteiger partial charge in [0.2, 0.25) is 10.0 Å². The van der Waals surface area contributed by atoms with Crippen molar-refractivity contribution in [1.29, 1.82) is 0 Å². The summed E-state index contributed by atoms with van der Waals surface area (Å²) < 4.78 is 49.6. The van der Waals surface area contributed by atoms with E-state index in [9.17, 15) is 16.8 Å². The van der Waals surface area contributed by atoms with Crippen LogP contribution in [0.3, 0.4) is 0 Å². The Hall–Kier alpha value is -0.990. The van der Waals surface area contributed by atoms with Gasteiger partial charge in [-0.3, -0.25) is 4.98 Å². The van der Waals surface area contributed by atoms with E-state index in [0.29, 0.717) is 0 Å². The van der Waals surface area contributed by atoms with Crippen LogP contribution in [0.1, 0.15) is 13.8 Å². The molecule has 2 rings (SSSR count). The summed E-state index contributed by atoms with van der Waals surface area (Å²) in [5, 5.41) is -0.587. The highest BCUT2D eigenvalue weighted by atomic mass is 32.2. The lowest BCUT2D eigenvalue weighted by molar-refractivity contribution is 0.309. The number of sulfone groups is 1. The molecule has 0 aliphatic carbocycles. The molecule has 1 fully saturated rings. The van der Waals surface area contributed by atoms with Crippen LogP contribution in [0, 0.1) is 5.92 Å². The molecule has 0 saturated carbocycles. The molecule has 0 radical (unpaired) electrons. The fourth-order valence-electron chi connectivity index (χ4n) is 2.07. The van der Waals surface area contributed by atoms with Gasteiger partial charge < -0.3 is 0 Å². The summed E-state index contributed by atoms with van der Waals surface area (Å²) in [5.41, 5.74) is 0. The third-order valence-electron chi connectivity index (χ3n) is 3.16. The molecule has 0 spiro atoms. The number of hydrogen-bond donors (Lipinski definition) is 0. The number of pyridine rings is 1. The topological polar surface area (TPSA) is 84.4 Å². The lowest BCUT2D eigenvalue weighted by Crippen LogP contribution is -2.57. The number of hydrogen-bond acceptors (Lipinski definition) is 5. The standard InChI is InChI=1S/C12H18N2O4S2/c1-10(2)9-19(15,16)12-7-14(8-12)20(17,18)11-4-3-5-13-6-11/h3-6,10,12H,7-9H2,1-2H3. The van der Waals surface area contributed by atoms with Gasteiger partial charge in [-0.15, -0.1) is 0 Å². The van der Waals surface area contributed by atoms with Crippen LogP contribution in [-0.4, -0.2) is 50.2 Å². The molecule has 0 amide bonds. The van der Waals surface area contributed by atoms with Crippen molar-refractivity contribution < 1.29 is 16.8 Å². The second kappa shape index (κ2) is 5.42. The van der Waals surface area contributed by atoms with E-state index < -0.39 is 25.1 Å². The van der Waals surface area contributed by atoms with E-state index in [1.54, 1.807) is 6.07 Å². The van der Waals surface area contributed by atoms with Crippen molar-refractivity contribution in [2.24, 2.45) is 5.92 Å². The Bertz CT molecular complexity index is 663. The number of nitrogens with zero attached hydrogens (tertiary/aromatic N) is 2. The monoisotopic (exact) mass is 318 g/mol. The summed E-state index contributed by atoms with van der Waals surface area (Å²) >= 11 is 0. The summed E-state index contributed by atoms with van der Waals surface area (Å²) in [6, 6.07) is 3.00. The zero-order valence-corrected chi connectivity index (χ0v) is 13.1. The minimum absolute atomic E-state index is 0.0340. The fraction of sp³-hybridized carbons (Fsp3) is 0.583. The normalized spacial score (nSPS) is 18.1. The van der Waals surface area contributed by atoms with Gasteiger partial charge in [-0.1, -0.05) is 13.8 Å². The Balaban J connectivity index is 2.07. The van der Waals surface area contributed by atoms with E-state index in [2.05, 4.69) is 4.98 Å². The highest BCUT2D eigenvalue weighted by Gasteiger charge is 2.43. The van der Waals surface area contributed by atoms with E-state index in [4.69, 9.17) is 0 Å². The van der Waals surface area contributed by atoms with Gasteiger partial charge in [-0.25, -0.2) is 16.8 Å². The molecule has 20 heavy (non-hydrogen) atoms. The third-order valence-corrected chi connectivity index (χ3v) is 7.42. The minimum atomic E-state index is -3.62. The van der Waals surface area contributed by atoms with Crippen molar-refractivity contribution in [3.63, 3.8) is 0 Å². The van der Waals surface area contributed by atoms with E-state index in [0.717, 1.165) is 0 Å². The van der Waals surface area contributed by atoms with Crippen molar-refractivity contribution >= 4 is 19.9 Å². The Kier molecular flexibility index (Phi) is 4.17. The van der Waals surface area contributed by atoms with Gasteiger partial charge in [0.15, 0.2) is 9.84 Å². The van der Waals surface area contributed by atoms with Crippen LogP contribution in [0.15, 0.2) is 29.4 Å². The molecule has 1 aromatic heterocycles. The number of aromatic nitrogens is 1. The summed E-state index contributed by atoms with van der Waals surface area (Å²) in [4.78, 5) is 3.87. The Morgan fingerprint density at radius 3 is 2.45 bits per heavy atom. The highest BCUT2D eigenvalue weighted by molar-refractivity contribution is 7.92. The highest BCUT2D eigenvalue weighted by Crippen LogP contribution is 2.25. The van der Waals surface area contributed by atoms with Gasteiger partial charge in [-0.05, 0) is 18.1 Å². The smallest absolute Gasteiger partial charge is 0.244 e. The maximum absolute atomic E-state index is 12.2. The van der Waals surface area contributed by atoms with Crippen LogP contribution in [0.2, 0.25) is 0 Å². The molecule has 112 valence electrons.